The van der Waals surface area contributed by atoms with Gasteiger partial charge in [0.1, 0.15) is 5.92 Å². The molecule has 7 heteroatoms. The molecular weight excluding hydrogens is 471 g/mol. The van der Waals surface area contributed by atoms with Crippen molar-refractivity contribution in [3.8, 4) is 0 Å². The van der Waals surface area contributed by atoms with Gasteiger partial charge in [0.2, 0.25) is 5.91 Å². The van der Waals surface area contributed by atoms with Crippen LogP contribution in [0.4, 0.5) is 11.4 Å². The van der Waals surface area contributed by atoms with Crippen LogP contribution in [0, 0.1) is 5.92 Å². The van der Waals surface area contributed by atoms with Gasteiger partial charge in [0.25, 0.3) is 5.91 Å². The van der Waals surface area contributed by atoms with E-state index in [1.165, 1.54) is 0 Å². The zero-order chi connectivity index (χ0) is 23.4. The van der Waals surface area contributed by atoms with Crippen LogP contribution in [0.25, 0.3) is 10.8 Å². The normalized spacial score (nSPS) is 22.0. The van der Waals surface area contributed by atoms with Crippen molar-refractivity contribution in [1.82, 2.24) is 0 Å². The lowest BCUT2D eigenvalue weighted by Crippen LogP contribution is -2.37. The third kappa shape index (κ3) is 3.12. The van der Waals surface area contributed by atoms with Gasteiger partial charge in [-0.25, -0.2) is 9.96 Å². The lowest BCUT2D eigenvalue weighted by molar-refractivity contribution is -0.126. The summed E-state index contributed by atoms with van der Waals surface area (Å²) in [5.74, 6) is -1.64. The highest BCUT2D eigenvalue weighted by Gasteiger charge is 2.61. The SMILES string of the molecule is O=C1[C@H]2[C@@H](c3cccc4ccccc34)N(c3ccccc3)O[C@H]2C(=O)N1c1c(Cl)cccc1Cl. The van der Waals surface area contributed by atoms with Crippen LogP contribution in [0.1, 0.15) is 11.6 Å². The van der Waals surface area contributed by atoms with Gasteiger partial charge in [0.05, 0.1) is 27.5 Å². The van der Waals surface area contributed by atoms with E-state index in [-0.39, 0.29) is 21.6 Å². The first-order chi connectivity index (χ1) is 16.6. The third-order valence-electron chi connectivity index (χ3n) is 6.43. The molecule has 2 amide bonds. The van der Waals surface area contributed by atoms with E-state index >= 15 is 0 Å². The van der Waals surface area contributed by atoms with Gasteiger partial charge < -0.3 is 0 Å². The van der Waals surface area contributed by atoms with E-state index in [2.05, 4.69) is 0 Å². The second-order valence-electron chi connectivity index (χ2n) is 8.31. The lowest BCUT2D eigenvalue weighted by Gasteiger charge is -2.29. The summed E-state index contributed by atoms with van der Waals surface area (Å²) < 4.78 is 0. The van der Waals surface area contributed by atoms with Crippen LogP contribution in [0.3, 0.4) is 0 Å². The molecule has 4 aromatic carbocycles. The van der Waals surface area contributed by atoms with E-state index in [4.69, 9.17) is 28.0 Å². The molecule has 5 nitrogen and oxygen atoms in total. The molecule has 0 spiro atoms. The van der Waals surface area contributed by atoms with E-state index in [1.807, 2.05) is 72.8 Å². The van der Waals surface area contributed by atoms with Crippen molar-refractivity contribution in [2.24, 2.45) is 5.92 Å². The summed E-state index contributed by atoms with van der Waals surface area (Å²) in [5, 5.41) is 4.19. The number of amides is 2. The zero-order valence-electron chi connectivity index (χ0n) is 17.8. The molecule has 2 heterocycles. The van der Waals surface area contributed by atoms with Crippen molar-refractivity contribution in [1.29, 1.82) is 0 Å². The van der Waals surface area contributed by atoms with Crippen molar-refractivity contribution in [2.75, 3.05) is 9.96 Å². The van der Waals surface area contributed by atoms with Crippen LogP contribution in [-0.4, -0.2) is 17.9 Å². The number of fused-ring (bicyclic) bond motifs is 2. The minimum absolute atomic E-state index is 0.196. The maximum absolute atomic E-state index is 13.9. The molecule has 0 saturated carbocycles. The molecule has 34 heavy (non-hydrogen) atoms. The predicted molar refractivity (Wildman–Crippen MR) is 133 cm³/mol. The van der Waals surface area contributed by atoms with Gasteiger partial charge in [-0.15, -0.1) is 0 Å². The van der Waals surface area contributed by atoms with Crippen LogP contribution in [0.15, 0.2) is 91.0 Å². The number of imide groups is 1. The predicted octanol–water partition coefficient (Wildman–Crippen LogP) is 6.20. The topological polar surface area (TPSA) is 49.9 Å². The number of carbonyl (C=O) groups is 2. The number of anilines is 2. The second kappa shape index (κ2) is 8.13. The molecule has 3 atom stereocenters. The maximum atomic E-state index is 13.9. The summed E-state index contributed by atoms with van der Waals surface area (Å²) in [4.78, 5) is 34.8. The minimum atomic E-state index is -0.996. The maximum Gasteiger partial charge on any atom is 0.266 e. The average Bonchev–Trinajstić information content (AvgIpc) is 3.36. The number of hydroxylamine groups is 1. The van der Waals surface area contributed by atoms with E-state index in [9.17, 15) is 9.59 Å². The molecular formula is C27H18Cl2N2O3. The summed E-state index contributed by atoms with van der Waals surface area (Å²) in [7, 11) is 0. The quantitative estimate of drug-likeness (QED) is 0.322. The average molecular weight is 489 g/mol. The Morgan fingerprint density at radius 1 is 0.706 bits per heavy atom. The third-order valence-corrected chi connectivity index (χ3v) is 7.04. The van der Waals surface area contributed by atoms with Crippen LogP contribution in [-0.2, 0) is 14.4 Å². The fourth-order valence-electron chi connectivity index (χ4n) is 4.96. The first-order valence-electron chi connectivity index (χ1n) is 10.9. The van der Waals surface area contributed by atoms with Gasteiger partial charge in [-0.1, -0.05) is 89.9 Å². The Morgan fingerprint density at radius 3 is 2.12 bits per heavy atom. The summed E-state index contributed by atoms with van der Waals surface area (Å²) >= 11 is 12.7. The molecule has 6 rings (SSSR count). The standard InChI is InChI=1S/C27H18Cl2N2O3/c28-20-14-7-15-21(29)24(20)30-26(32)22-23(19-13-6-9-16-8-4-5-12-18(16)19)31(34-25(22)27(30)33)17-10-2-1-3-11-17/h1-15,22-23,25H/t22-,23+,25+/m0/s1. The minimum Gasteiger partial charge on any atom is -0.273 e. The number of nitrogens with zero attached hydrogens (tertiary/aromatic N) is 2. The number of benzene rings is 4. The Labute approximate surface area is 206 Å². The first-order valence-corrected chi connectivity index (χ1v) is 11.6. The Balaban J connectivity index is 1.53. The van der Waals surface area contributed by atoms with Gasteiger partial charge in [-0.2, -0.15) is 0 Å². The molecule has 2 fully saturated rings. The monoisotopic (exact) mass is 488 g/mol. The molecule has 0 unspecified atom stereocenters. The molecule has 4 aromatic rings. The summed E-state index contributed by atoms with van der Waals surface area (Å²) in [5.41, 5.74) is 1.86. The smallest absolute Gasteiger partial charge is 0.266 e. The van der Waals surface area contributed by atoms with Gasteiger partial charge in [-0.05, 0) is 40.6 Å². The Kier molecular flexibility index (Phi) is 5.06. The highest BCUT2D eigenvalue weighted by atomic mass is 35.5. The van der Waals surface area contributed by atoms with E-state index in [0.717, 1.165) is 26.9 Å². The fourth-order valence-corrected chi connectivity index (χ4v) is 5.53. The number of hydrogen-bond acceptors (Lipinski definition) is 4. The number of para-hydroxylation sites is 2. The molecule has 0 N–H and O–H groups in total. The van der Waals surface area contributed by atoms with Crippen LogP contribution in [0.2, 0.25) is 10.0 Å². The number of carbonyl (C=O) groups excluding carboxylic acids is 2. The molecule has 0 radical (unpaired) electrons. The van der Waals surface area contributed by atoms with Crippen molar-refractivity contribution < 1.29 is 14.4 Å². The first kappa shape index (κ1) is 21.2. The highest BCUT2D eigenvalue weighted by molar-refractivity contribution is 6.42. The van der Waals surface area contributed by atoms with E-state index < -0.39 is 24.0 Å². The summed E-state index contributed by atoms with van der Waals surface area (Å²) in [6.45, 7) is 0. The number of rotatable bonds is 3. The molecule has 0 bridgehead atoms. The Bertz CT molecular complexity index is 1420. The number of hydrogen-bond donors (Lipinski definition) is 0. The Hall–Kier alpha value is -3.38. The fraction of sp³-hybridized carbons (Fsp3) is 0.111. The van der Waals surface area contributed by atoms with E-state index in [1.54, 1.807) is 23.3 Å². The van der Waals surface area contributed by atoms with Crippen LogP contribution >= 0.6 is 23.2 Å². The lowest BCUT2D eigenvalue weighted by atomic mass is 9.87. The molecule has 2 aliphatic rings. The van der Waals surface area contributed by atoms with Gasteiger partial charge in [0.15, 0.2) is 6.10 Å². The van der Waals surface area contributed by atoms with Crippen molar-refractivity contribution in [2.45, 2.75) is 12.1 Å². The summed E-state index contributed by atoms with van der Waals surface area (Å²) in [6.07, 6.45) is -0.996. The molecule has 2 aliphatic heterocycles. The highest BCUT2D eigenvalue weighted by Crippen LogP contribution is 2.50. The van der Waals surface area contributed by atoms with E-state index in [0.29, 0.717) is 0 Å². The molecule has 168 valence electrons. The van der Waals surface area contributed by atoms with Gasteiger partial charge in [0, 0.05) is 0 Å². The molecule has 2 saturated heterocycles. The van der Waals surface area contributed by atoms with Crippen molar-refractivity contribution >= 4 is 57.2 Å². The number of halogens is 2. The zero-order valence-corrected chi connectivity index (χ0v) is 19.3. The van der Waals surface area contributed by atoms with Gasteiger partial charge >= 0.3 is 0 Å². The molecule has 0 aliphatic carbocycles. The summed E-state index contributed by atoms with van der Waals surface area (Å²) in [6, 6.07) is 27.8. The second-order valence-corrected chi connectivity index (χ2v) is 9.12. The molecule has 0 aromatic heterocycles. The van der Waals surface area contributed by atoms with Crippen LogP contribution < -0.4 is 9.96 Å². The van der Waals surface area contributed by atoms with Crippen molar-refractivity contribution in [3.63, 3.8) is 0 Å². The van der Waals surface area contributed by atoms with Gasteiger partial charge in [-0.3, -0.25) is 14.4 Å². The van der Waals surface area contributed by atoms with Crippen molar-refractivity contribution in [3.05, 3.63) is 107 Å². The Morgan fingerprint density at radius 2 is 1.35 bits per heavy atom. The van der Waals surface area contributed by atoms with Crippen LogP contribution in [0.5, 0.6) is 0 Å². The largest absolute Gasteiger partial charge is 0.273 e.